The van der Waals surface area contributed by atoms with Crippen LogP contribution in [-0.4, -0.2) is 31.6 Å². The maximum absolute atomic E-state index is 13.0. The van der Waals surface area contributed by atoms with Crippen molar-refractivity contribution in [1.82, 2.24) is 5.32 Å². The minimum atomic E-state index is -0.343. The molecule has 3 amide bonds. The summed E-state index contributed by atoms with van der Waals surface area (Å²) in [6, 6.07) is 20.6. The van der Waals surface area contributed by atoms with E-state index in [0.29, 0.717) is 24.4 Å². The summed E-state index contributed by atoms with van der Waals surface area (Å²) in [6.45, 7) is 6.86. The number of hydrogen-bond acceptors (Lipinski definition) is 4. The lowest BCUT2D eigenvalue weighted by Crippen LogP contribution is -2.26. The average molecular weight is 487 g/mol. The zero-order chi connectivity index (χ0) is 25.3. The molecule has 0 atom stereocenters. The molecule has 3 aromatic rings. The number of carbonyl (C=O) groups excluding carboxylic acids is 2. The fourth-order valence-corrected chi connectivity index (χ4v) is 4.32. The number of benzene rings is 3. The Kier molecular flexibility index (Phi) is 8.44. The molecule has 0 aliphatic carbocycles. The van der Waals surface area contributed by atoms with Crippen LogP contribution in [0.4, 0.5) is 21.9 Å². The van der Waals surface area contributed by atoms with E-state index in [4.69, 9.17) is 4.74 Å². The van der Waals surface area contributed by atoms with Crippen LogP contribution in [0.15, 0.2) is 66.7 Å². The van der Waals surface area contributed by atoms with E-state index in [9.17, 15) is 9.59 Å². The average Bonchev–Trinajstić information content (AvgIpc) is 3.43. The maximum atomic E-state index is 13.0. The molecule has 7 heteroatoms. The molecule has 0 spiro atoms. The van der Waals surface area contributed by atoms with Gasteiger partial charge in [-0.3, -0.25) is 4.79 Å². The monoisotopic (exact) mass is 486 g/mol. The van der Waals surface area contributed by atoms with Gasteiger partial charge in [0, 0.05) is 30.9 Å². The normalized spacial score (nSPS) is 12.8. The van der Waals surface area contributed by atoms with Crippen LogP contribution in [0.2, 0.25) is 0 Å². The number of anilines is 3. The molecular weight excluding hydrogens is 452 g/mol. The van der Waals surface area contributed by atoms with Gasteiger partial charge in [0.1, 0.15) is 5.75 Å². The fourth-order valence-electron chi connectivity index (χ4n) is 4.32. The lowest BCUT2D eigenvalue weighted by molar-refractivity contribution is 0.0951. The van der Waals surface area contributed by atoms with E-state index >= 15 is 0 Å². The summed E-state index contributed by atoms with van der Waals surface area (Å²) >= 11 is 0. The van der Waals surface area contributed by atoms with Crippen LogP contribution in [0.5, 0.6) is 5.75 Å². The topological polar surface area (TPSA) is 82.7 Å². The van der Waals surface area contributed by atoms with Crippen molar-refractivity contribution in [1.29, 1.82) is 0 Å². The van der Waals surface area contributed by atoms with Crippen LogP contribution in [0, 0.1) is 0 Å². The third-order valence-electron chi connectivity index (χ3n) is 6.24. The van der Waals surface area contributed by atoms with Gasteiger partial charge >= 0.3 is 6.03 Å². The molecule has 3 aromatic carbocycles. The second kappa shape index (κ2) is 12.1. The Morgan fingerprint density at radius 3 is 2.39 bits per heavy atom. The number of amides is 3. The van der Waals surface area contributed by atoms with Crippen LogP contribution < -0.4 is 25.6 Å². The number of urea groups is 1. The molecule has 0 bridgehead atoms. The van der Waals surface area contributed by atoms with E-state index in [1.807, 2.05) is 67.6 Å². The molecule has 0 radical (unpaired) electrons. The largest absolute Gasteiger partial charge is 0.494 e. The summed E-state index contributed by atoms with van der Waals surface area (Å²) in [5, 5.41) is 8.82. The quantitative estimate of drug-likeness (QED) is 0.356. The molecule has 1 fully saturated rings. The van der Waals surface area contributed by atoms with Gasteiger partial charge in [-0.15, -0.1) is 0 Å². The van der Waals surface area contributed by atoms with Gasteiger partial charge < -0.3 is 25.6 Å². The highest BCUT2D eigenvalue weighted by Crippen LogP contribution is 2.30. The van der Waals surface area contributed by atoms with Crippen LogP contribution in [0.1, 0.15) is 48.2 Å². The van der Waals surface area contributed by atoms with Gasteiger partial charge in [0.2, 0.25) is 0 Å². The number of nitrogens with one attached hydrogen (secondary N) is 3. The predicted octanol–water partition coefficient (Wildman–Crippen LogP) is 5.82. The summed E-state index contributed by atoms with van der Waals surface area (Å²) in [4.78, 5) is 28.0. The molecule has 1 aliphatic heterocycles. The lowest BCUT2D eigenvalue weighted by atomic mass is 10.1. The van der Waals surface area contributed by atoms with Gasteiger partial charge in [0.15, 0.2) is 0 Å². The van der Waals surface area contributed by atoms with Gasteiger partial charge in [-0.1, -0.05) is 31.2 Å². The van der Waals surface area contributed by atoms with Gasteiger partial charge in [0.05, 0.1) is 18.0 Å². The van der Waals surface area contributed by atoms with Crippen LogP contribution in [0.25, 0.3) is 0 Å². The van der Waals surface area contributed by atoms with Gasteiger partial charge in [0.25, 0.3) is 5.91 Å². The Labute approximate surface area is 212 Å². The Bertz CT molecular complexity index is 1190. The number of aryl methyl sites for hydroxylation is 1. The van der Waals surface area contributed by atoms with E-state index in [1.165, 1.54) is 5.56 Å². The Morgan fingerprint density at radius 2 is 1.67 bits per heavy atom. The molecular formula is C29H34N4O3. The fraction of sp³-hybridized carbons (Fsp3) is 0.310. The van der Waals surface area contributed by atoms with Crippen molar-refractivity contribution in [2.24, 2.45) is 0 Å². The highest BCUT2D eigenvalue weighted by atomic mass is 16.5. The second-order valence-corrected chi connectivity index (χ2v) is 8.82. The van der Waals surface area contributed by atoms with Crippen molar-refractivity contribution in [3.8, 4) is 5.75 Å². The molecule has 1 saturated heterocycles. The zero-order valence-electron chi connectivity index (χ0n) is 21.0. The number of hydrogen-bond donors (Lipinski definition) is 3. The van der Waals surface area contributed by atoms with Crippen LogP contribution >= 0.6 is 0 Å². The number of ether oxygens (including phenoxy) is 1. The predicted molar refractivity (Wildman–Crippen MR) is 145 cm³/mol. The lowest BCUT2D eigenvalue weighted by Gasteiger charge is -2.22. The van der Waals surface area contributed by atoms with Crippen molar-refractivity contribution >= 4 is 29.0 Å². The smallest absolute Gasteiger partial charge is 0.323 e. The zero-order valence-corrected chi connectivity index (χ0v) is 21.0. The molecule has 0 unspecified atom stereocenters. The summed E-state index contributed by atoms with van der Waals surface area (Å²) in [6.07, 6.45) is 3.16. The Balaban J connectivity index is 1.47. The first kappa shape index (κ1) is 25.1. The van der Waals surface area contributed by atoms with E-state index in [-0.39, 0.29) is 11.9 Å². The van der Waals surface area contributed by atoms with Crippen molar-refractivity contribution < 1.29 is 14.3 Å². The molecule has 3 N–H and O–H groups in total. The standard InChI is InChI=1S/C29H34N4O3/c1-3-21-10-13-24(14-11-21)31-29(35)32-26-19-23(12-15-27(26)33-16-5-6-17-33)28(34)30-20-22-8-7-9-25(18-22)36-4-2/h7-15,18-19H,3-6,16-17,20H2,1-2H3,(H,30,34)(H2,31,32,35). The van der Waals surface area contributed by atoms with E-state index in [1.54, 1.807) is 6.07 Å². The van der Waals surface area contributed by atoms with Crippen molar-refractivity contribution in [3.05, 3.63) is 83.4 Å². The molecule has 7 nitrogen and oxygen atoms in total. The molecule has 188 valence electrons. The third-order valence-corrected chi connectivity index (χ3v) is 6.24. The van der Waals surface area contributed by atoms with Crippen LogP contribution in [0.3, 0.4) is 0 Å². The van der Waals surface area contributed by atoms with Gasteiger partial charge in [-0.25, -0.2) is 4.79 Å². The molecule has 0 saturated carbocycles. The molecule has 36 heavy (non-hydrogen) atoms. The van der Waals surface area contributed by atoms with Gasteiger partial charge in [-0.2, -0.15) is 0 Å². The van der Waals surface area contributed by atoms with Crippen molar-refractivity contribution in [2.75, 3.05) is 35.2 Å². The minimum absolute atomic E-state index is 0.205. The van der Waals surface area contributed by atoms with E-state index in [0.717, 1.165) is 55.0 Å². The number of nitrogens with zero attached hydrogens (tertiary/aromatic N) is 1. The summed E-state index contributed by atoms with van der Waals surface area (Å²) in [5.74, 6) is 0.574. The van der Waals surface area contributed by atoms with Gasteiger partial charge in [-0.05, 0) is 79.8 Å². The number of rotatable bonds is 9. The van der Waals surface area contributed by atoms with Crippen LogP contribution in [-0.2, 0) is 13.0 Å². The maximum Gasteiger partial charge on any atom is 0.323 e. The Hall–Kier alpha value is -4.00. The highest BCUT2D eigenvalue weighted by Gasteiger charge is 2.19. The first-order chi connectivity index (χ1) is 17.6. The van der Waals surface area contributed by atoms with E-state index < -0.39 is 0 Å². The first-order valence-corrected chi connectivity index (χ1v) is 12.6. The Morgan fingerprint density at radius 1 is 0.889 bits per heavy atom. The minimum Gasteiger partial charge on any atom is -0.494 e. The summed E-state index contributed by atoms with van der Waals surface area (Å²) < 4.78 is 5.54. The van der Waals surface area contributed by atoms with E-state index in [2.05, 4.69) is 27.8 Å². The van der Waals surface area contributed by atoms with Crippen molar-refractivity contribution in [2.45, 2.75) is 39.7 Å². The molecule has 1 heterocycles. The summed E-state index contributed by atoms with van der Waals surface area (Å²) in [5.41, 5.74) is 4.91. The van der Waals surface area contributed by atoms with Crippen molar-refractivity contribution in [3.63, 3.8) is 0 Å². The molecule has 4 rings (SSSR count). The highest BCUT2D eigenvalue weighted by molar-refractivity contribution is 6.04. The molecule has 1 aliphatic rings. The third kappa shape index (κ3) is 6.56. The molecule has 0 aromatic heterocycles. The number of carbonyl (C=O) groups is 2. The first-order valence-electron chi connectivity index (χ1n) is 12.6. The second-order valence-electron chi connectivity index (χ2n) is 8.82. The summed E-state index contributed by atoms with van der Waals surface area (Å²) in [7, 11) is 0. The SMILES string of the molecule is CCOc1cccc(CNC(=O)c2ccc(N3CCCC3)c(NC(=O)Nc3ccc(CC)cc3)c2)c1.